The monoisotopic (exact) mass is 271 g/mol. The highest BCUT2D eigenvalue weighted by molar-refractivity contribution is 5.90. The predicted molar refractivity (Wildman–Crippen MR) is 73.0 cm³/mol. The minimum absolute atomic E-state index is 0.0941. The molecule has 4 N–H and O–H groups in total. The summed E-state index contributed by atoms with van der Waals surface area (Å²) in [4.78, 5) is 11.8. The quantitative estimate of drug-likeness (QED) is 0.213. The minimum Gasteiger partial charge on any atom is -0.409 e. The molecule has 1 aliphatic rings. The number of carbonyl (C=O) groups is 1. The fourth-order valence-electron chi connectivity index (χ4n) is 2.52. The second-order valence-electron chi connectivity index (χ2n) is 4.92. The molecule has 1 amide bonds. The number of amidine groups is 1. The number of oxime groups is 1. The molecule has 1 rings (SSSR count). The van der Waals surface area contributed by atoms with Crippen LogP contribution in [0.15, 0.2) is 5.16 Å². The van der Waals surface area contributed by atoms with Gasteiger partial charge in [-0.15, -0.1) is 0 Å². The number of hydrogen-bond acceptors (Lipinski definition) is 4. The van der Waals surface area contributed by atoms with E-state index in [1.807, 2.05) is 6.92 Å². The summed E-state index contributed by atoms with van der Waals surface area (Å²) in [5.74, 6) is 0.243. The van der Waals surface area contributed by atoms with Crippen LogP contribution in [0.25, 0.3) is 0 Å². The Bertz CT molecular complexity index is 302. The van der Waals surface area contributed by atoms with Crippen LogP contribution in [-0.4, -0.2) is 36.2 Å². The molecule has 1 atom stereocenters. The van der Waals surface area contributed by atoms with Crippen LogP contribution in [0.3, 0.4) is 0 Å². The zero-order valence-corrected chi connectivity index (χ0v) is 11.6. The van der Waals surface area contributed by atoms with Gasteiger partial charge in [0.15, 0.2) is 5.84 Å². The Morgan fingerprint density at radius 2 is 2.16 bits per heavy atom. The number of ether oxygens (including phenoxy) is 1. The van der Waals surface area contributed by atoms with Crippen LogP contribution >= 0.6 is 0 Å². The van der Waals surface area contributed by atoms with Gasteiger partial charge < -0.3 is 21.0 Å². The molecule has 0 saturated heterocycles. The number of hydrogen-bond donors (Lipinski definition) is 3. The van der Waals surface area contributed by atoms with E-state index in [4.69, 9.17) is 15.7 Å². The van der Waals surface area contributed by atoms with E-state index in [-0.39, 0.29) is 23.7 Å². The lowest BCUT2D eigenvalue weighted by Gasteiger charge is -2.30. The molecule has 0 spiro atoms. The highest BCUT2D eigenvalue weighted by Crippen LogP contribution is 2.26. The zero-order chi connectivity index (χ0) is 14.1. The molecule has 6 heteroatoms. The molecule has 6 nitrogen and oxygen atoms in total. The van der Waals surface area contributed by atoms with Gasteiger partial charge in [0.05, 0.1) is 12.6 Å². The van der Waals surface area contributed by atoms with E-state index in [0.29, 0.717) is 19.6 Å². The van der Waals surface area contributed by atoms with Gasteiger partial charge >= 0.3 is 0 Å². The van der Waals surface area contributed by atoms with Crippen LogP contribution < -0.4 is 11.1 Å². The molecule has 1 aliphatic carbocycles. The third-order valence-corrected chi connectivity index (χ3v) is 3.55. The summed E-state index contributed by atoms with van der Waals surface area (Å²) in [6.45, 7) is 2.88. The molecule has 19 heavy (non-hydrogen) atoms. The van der Waals surface area contributed by atoms with Crippen LogP contribution in [0.5, 0.6) is 0 Å². The Labute approximate surface area is 114 Å². The molecular formula is C13H25N3O3. The third-order valence-electron chi connectivity index (χ3n) is 3.55. The van der Waals surface area contributed by atoms with E-state index in [1.54, 1.807) is 0 Å². The van der Waals surface area contributed by atoms with Gasteiger partial charge in [0.1, 0.15) is 0 Å². The van der Waals surface area contributed by atoms with E-state index in [9.17, 15) is 4.79 Å². The van der Waals surface area contributed by atoms with Crippen molar-refractivity contribution in [2.45, 2.75) is 51.5 Å². The lowest BCUT2D eigenvalue weighted by atomic mass is 9.83. The SMILES string of the molecule is CCOCCC(=O)NC(C(N)=NO)C1CCCCC1. The van der Waals surface area contributed by atoms with Crippen LogP contribution in [0.4, 0.5) is 0 Å². The van der Waals surface area contributed by atoms with Crippen LogP contribution in [0.1, 0.15) is 45.4 Å². The molecule has 0 aromatic rings. The topological polar surface area (TPSA) is 96.9 Å². The highest BCUT2D eigenvalue weighted by Gasteiger charge is 2.28. The zero-order valence-electron chi connectivity index (χ0n) is 11.6. The second-order valence-corrected chi connectivity index (χ2v) is 4.92. The number of carbonyl (C=O) groups excluding carboxylic acids is 1. The van der Waals surface area contributed by atoms with E-state index >= 15 is 0 Å². The van der Waals surface area contributed by atoms with Gasteiger partial charge in [0.25, 0.3) is 0 Å². The van der Waals surface area contributed by atoms with Crippen molar-refractivity contribution in [1.82, 2.24) is 5.32 Å². The van der Waals surface area contributed by atoms with Crippen molar-refractivity contribution in [3.8, 4) is 0 Å². The number of nitrogens with two attached hydrogens (primary N) is 1. The van der Waals surface area contributed by atoms with E-state index in [0.717, 1.165) is 25.7 Å². The first-order valence-electron chi connectivity index (χ1n) is 7.03. The summed E-state index contributed by atoms with van der Waals surface area (Å²) in [5.41, 5.74) is 5.71. The molecule has 0 heterocycles. The molecule has 1 unspecified atom stereocenters. The third kappa shape index (κ3) is 5.46. The molecule has 1 fully saturated rings. The lowest BCUT2D eigenvalue weighted by Crippen LogP contribution is -2.49. The summed E-state index contributed by atoms with van der Waals surface area (Å²) >= 11 is 0. The Kier molecular flexibility index (Phi) is 7.25. The number of nitrogens with one attached hydrogen (secondary N) is 1. The fourth-order valence-corrected chi connectivity index (χ4v) is 2.52. The maximum Gasteiger partial charge on any atom is 0.222 e. The molecule has 0 aromatic heterocycles. The Balaban J connectivity index is 2.51. The average Bonchev–Trinajstić information content (AvgIpc) is 2.45. The van der Waals surface area contributed by atoms with Gasteiger partial charge in [-0.05, 0) is 25.7 Å². The number of amides is 1. The van der Waals surface area contributed by atoms with E-state index < -0.39 is 0 Å². The van der Waals surface area contributed by atoms with Gasteiger partial charge in [0, 0.05) is 13.0 Å². The van der Waals surface area contributed by atoms with Crippen molar-refractivity contribution < 1.29 is 14.7 Å². The fraction of sp³-hybridized carbons (Fsp3) is 0.846. The first-order valence-corrected chi connectivity index (χ1v) is 7.03. The summed E-state index contributed by atoms with van der Waals surface area (Å²) in [7, 11) is 0. The van der Waals surface area contributed by atoms with Gasteiger partial charge in [-0.25, -0.2) is 0 Å². The molecule has 0 aliphatic heterocycles. The Morgan fingerprint density at radius 3 is 2.74 bits per heavy atom. The maximum absolute atomic E-state index is 11.8. The molecule has 0 bridgehead atoms. The largest absolute Gasteiger partial charge is 0.409 e. The van der Waals surface area contributed by atoms with Crippen molar-refractivity contribution in [2.75, 3.05) is 13.2 Å². The summed E-state index contributed by atoms with van der Waals surface area (Å²) < 4.78 is 5.15. The summed E-state index contributed by atoms with van der Waals surface area (Å²) in [5, 5.41) is 14.8. The van der Waals surface area contributed by atoms with Crippen molar-refractivity contribution in [3.63, 3.8) is 0 Å². The van der Waals surface area contributed by atoms with Crippen molar-refractivity contribution >= 4 is 11.7 Å². The smallest absolute Gasteiger partial charge is 0.222 e. The van der Waals surface area contributed by atoms with E-state index in [2.05, 4.69) is 10.5 Å². The van der Waals surface area contributed by atoms with Crippen LogP contribution in [-0.2, 0) is 9.53 Å². The van der Waals surface area contributed by atoms with Gasteiger partial charge in [0.2, 0.25) is 5.91 Å². The van der Waals surface area contributed by atoms with Crippen molar-refractivity contribution in [1.29, 1.82) is 0 Å². The van der Waals surface area contributed by atoms with Gasteiger partial charge in [-0.2, -0.15) is 0 Å². The number of nitrogens with zero attached hydrogens (tertiary/aromatic N) is 1. The maximum atomic E-state index is 11.8. The lowest BCUT2D eigenvalue weighted by molar-refractivity contribution is -0.122. The number of rotatable bonds is 7. The Hall–Kier alpha value is -1.30. The normalized spacial score (nSPS) is 19.1. The summed E-state index contributed by atoms with van der Waals surface area (Å²) in [6, 6.07) is -0.362. The van der Waals surface area contributed by atoms with Gasteiger partial charge in [-0.3, -0.25) is 4.79 Å². The average molecular weight is 271 g/mol. The van der Waals surface area contributed by atoms with E-state index in [1.165, 1.54) is 6.42 Å². The predicted octanol–water partition coefficient (Wildman–Crippen LogP) is 1.22. The van der Waals surface area contributed by atoms with Crippen molar-refractivity contribution in [2.24, 2.45) is 16.8 Å². The molecule has 0 aromatic carbocycles. The Morgan fingerprint density at radius 1 is 1.47 bits per heavy atom. The molecule has 110 valence electrons. The molecule has 1 saturated carbocycles. The van der Waals surface area contributed by atoms with Crippen LogP contribution in [0.2, 0.25) is 0 Å². The first-order chi connectivity index (χ1) is 9.19. The first kappa shape index (κ1) is 15.8. The van der Waals surface area contributed by atoms with Crippen LogP contribution in [0, 0.1) is 5.92 Å². The minimum atomic E-state index is -0.362. The molecule has 0 radical (unpaired) electrons. The van der Waals surface area contributed by atoms with Gasteiger partial charge in [-0.1, -0.05) is 24.4 Å². The summed E-state index contributed by atoms with van der Waals surface area (Å²) in [6.07, 6.45) is 5.80. The second kappa shape index (κ2) is 8.74. The highest BCUT2D eigenvalue weighted by atomic mass is 16.5. The molecular weight excluding hydrogens is 246 g/mol. The standard InChI is InChI=1S/C13H25N3O3/c1-2-19-9-8-11(17)15-12(13(14)16-18)10-6-4-3-5-7-10/h10,12,18H,2-9H2,1H3,(H2,14,16)(H,15,17). The van der Waals surface area contributed by atoms with Crippen molar-refractivity contribution in [3.05, 3.63) is 0 Å².